The van der Waals surface area contributed by atoms with Crippen molar-refractivity contribution in [2.24, 2.45) is 23.5 Å². The molecule has 3 atom stereocenters. The number of rotatable bonds is 2. The van der Waals surface area contributed by atoms with E-state index in [0.29, 0.717) is 11.5 Å². The number of nitrogens with two attached hydrogens (primary N) is 1. The van der Waals surface area contributed by atoms with Gasteiger partial charge in [-0.25, -0.2) is 4.79 Å². The van der Waals surface area contributed by atoms with Gasteiger partial charge in [0.1, 0.15) is 0 Å². The number of hydrogen-bond donors (Lipinski definition) is 2. The highest BCUT2D eigenvalue weighted by atomic mass is 16.4. The average Bonchev–Trinajstić information content (AvgIpc) is 2.74. The van der Waals surface area contributed by atoms with Crippen molar-refractivity contribution in [2.75, 3.05) is 0 Å². The summed E-state index contributed by atoms with van der Waals surface area (Å²) < 4.78 is 5.09. The Morgan fingerprint density at radius 1 is 1.33 bits per heavy atom. The van der Waals surface area contributed by atoms with Crippen LogP contribution in [0.5, 0.6) is 0 Å². The summed E-state index contributed by atoms with van der Waals surface area (Å²) in [6.07, 6.45) is 4.04. The Bertz CT molecular complexity index is 647. The lowest BCUT2D eigenvalue weighted by molar-refractivity contribution is 0.500. The Morgan fingerprint density at radius 3 is 2.89 bits per heavy atom. The third-order valence-corrected chi connectivity index (χ3v) is 4.72. The molecule has 2 saturated carbocycles. The maximum Gasteiger partial charge on any atom is 0.417 e. The summed E-state index contributed by atoms with van der Waals surface area (Å²) >= 11 is 0. The predicted molar refractivity (Wildman–Crippen MR) is 68.1 cm³/mol. The topological polar surface area (TPSA) is 72.0 Å². The molecule has 0 saturated heterocycles. The fourth-order valence-electron chi connectivity index (χ4n) is 3.80. The number of nitrogens with one attached hydrogen (secondary N) is 1. The molecule has 0 spiro atoms. The molecule has 3 N–H and O–H groups in total. The quantitative estimate of drug-likeness (QED) is 0.850. The minimum Gasteiger partial charge on any atom is -0.408 e. The minimum absolute atomic E-state index is 0.0879. The van der Waals surface area contributed by atoms with E-state index in [0.717, 1.165) is 22.9 Å². The van der Waals surface area contributed by atoms with Gasteiger partial charge in [-0.2, -0.15) is 0 Å². The van der Waals surface area contributed by atoms with Gasteiger partial charge in [0.2, 0.25) is 0 Å². The lowest BCUT2D eigenvalue weighted by atomic mass is 9.97. The van der Waals surface area contributed by atoms with E-state index >= 15 is 0 Å². The van der Waals surface area contributed by atoms with Gasteiger partial charge in [0.25, 0.3) is 0 Å². The van der Waals surface area contributed by atoms with Crippen LogP contribution in [-0.2, 0) is 0 Å². The molecule has 4 nitrogen and oxygen atoms in total. The van der Waals surface area contributed by atoms with Crippen molar-refractivity contribution >= 4 is 11.1 Å². The lowest BCUT2D eigenvalue weighted by Gasteiger charge is -2.13. The van der Waals surface area contributed by atoms with E-state index in [2.05, 4.69) is 4.98 Å². The van der Waals surface area contributed by atoms with Crippen LogP contribution in [0.3, 0.4) is 0 Å². The molecule has 94 valence electrons. The third-order valence-electron chi connectivity index (χ3n) is 4.72. The van der Waals surface area contributed by atoms with Gasteiger partial charge >= 0.3 is 5.76 Å². The second kappa shape index (κ2) is 3.48. The van der Waals surface area contributed by atoms with Gasteiger partial charge in [-0.15, -0.1) is 0 Å². The van der Waals surface area contributed by atoms with Gasteiger partial charge in [-0.05, 0) is 48.3 Å². The van der Waals surface area contributed by atoms with E-state index in [-0.39, 0.29) is 6.04 Å². The molecule has 0 radical (unpaired) electrons. The molecule has 2 aliphatic carbocycles. The van der Waals surface area contributed by atoms with Crippen molar-refractivity contribution in [2.45, 2.75) is 25.3 Å². The number of oxazole rings is 1. The summed E-state index contributed by atoms with van der Waals surface area (Å²) in [6, 6.07) is 5.89. The minimum atomic E-state index is -0.404. The highest BCUT2D eigenvalue weighted by Gasteiger charge is 2.55. The van der Waals surface area contributed by atoms with E-state index in [9.17, 15) is 4.79 Å². The van der Waals surface area contributed by atoms with Crippen LogP contribution < -0.4 is 11.5 Å². The van der Waals surface area contributed by atoms with Crippen LogP contribution in [0.25, 0.3) is 11.1 Å². The first kappa shape index (κ1) is 10.4. The monoisotopic (exact) mass is 244 g/mol. The molecule has 4 heteroatoms. The molecule has 1 aromatic carbocycles. The van der Waals surface area contributed by atoms with Gasteiger partial charge < -0.3 is 10.2 Å². The number of hydrogen-bond acceptors (Lipinski definition) is 3. The van der Waals surface area contributed by atoms with Gasteiger partial charge in [0.05, 0.1) is 5.52 Å². The smallest absolute Gasteiger partial charge is 0.408 e. The molecule has 1 aromatic heterocycles. The fourth-order valence-corrected chi connectivity index (χ4v) is 3.80. The van der Waals surface area contributed by atoms with Crippen molar-refractivity contribution in [3.63, 3.8) is 0 Å². The maximum absolute atomic E-state index is 11.1. The Labute approximate surface area is 104 Å². The first-order valence-corrected chi connectivity index (χ1v) is 6.62. The summed E-state index contributed by atoms with van der Waals surface area (Å²) in [4.78, 5) is 13.8. The number of benzene rings is 1. The van der Waals surface area contributed by atoms with Crippen molar-refractivity contribution in [1.82, 2.24) is 4.98 Å². The highest BCUT2D eigenvalue weighted by molar-refractivity contribution is 5.72. The lowest BCUT2D eigenvalue weighted by Crippen LogP contribution is -2.15. The second-order valence-corrected chi connectivity index (χ2v) is 5.63. The molecular formula is C14H16N2O2. The number of aromatic nitrogens is 1. The molecule has 0 bridgehead atoms. The largest absolute Gasteiger partial charge is 0.417 e. The summed E-state index contributed by atoms with van der Waals surface area (Å²) in [5.74, 6) is 1.92. The van der Waals surface area contributed by atoms with E-state index < -0.39 is 5.76 Å². The highest BCUT2D eigenvalue weighted by Crippen LogP contribution is 2.61. The Morgan fingerprint density at radius 2 is 2.11 bits per heavy atom. The Hall–Kier alpha value is -1.55. The zero-order chi connectivity index (χ0) is 12.3. The fraction of sp³-hybridized carbons (Fsp3) is 0.500. The van der Waals surface area contributed by atoms with E-state index in [1.54, 1.807) is 0 Å². The molecular weight excluding hydrogens is 228 g/mol. The van der Waals surface area contributed by atoms with E-state index in [1.165, 1.54) is 19.3 Å². The number of fused-ring (bicyclic) bond motifs is 2. The SMILES string of the molecule is NC(c1ccc2[nH]c(=O)oc2c1)C1C2CCCC21. The van der Waals surface area contributed by atoms with Crippen molar-refractivity contribution < 1.29 is 4.42 Å². The second-order valence-electron chi connectivity index (χ2n) is 5.63. The van der Waals surface area contributed by atoms with Gasteiger partial charge in [0.15, 0.2) is 5.58 Å². The van der Waals surface area contributed by atoms with Crippen molar-refractivity contribution in [3.8, 4) is 0 Å². The maximum atomic E-state index is 11.1. The van der Waals surface area contributed by atoms with Crippen molar-refractivity contribution in [3.05, 3.63) is 34.3 Å². The number of aromatic amines is 1. The van der Waals surface area contributed by atoms with Crippen LogP contribution in [0, 0.1) is 17.8 Å². The van der Waals surface area contributed by atoms with Crippen LogP contribution in [0.1, 0.15) is 30.9 Å². The molecule has 2 fully saturated rings. The van der Waals surface area contributed by atoms with Crippen molar-refractivity contribution in [1.29, 1.82) is 0 Å². The average molecular weight is 244 g/mol. The van der Waals surface area contributed by atoms with Gasteiger partial charge in [-0.3, -0.25) is 4.98 Å². The van der Waals surface area contributed by atoms with Crippen LogP contribution >= 0.6 is 0 Å². The summed E-state index contributed by atoms with van der Waals surface area (Å²) in [5, 5.41) is 0. The molecule has 2 aromatic rings. The van der Waals surface area contributed by atoms with Gasteiger partial charge in [-0.1, -0.05) is 12.5 Å². The Kier molecular flexibility index (Phi) is 2.01. The predicted octanol–water partition coefficient (Wildman–Crippen LogP) is 2.17. The van der Waals surface area contributed by atoms with Crippen LogP contribution in [0.4, 0.5) is 0 Å². The number of H-pyrrole nitrogens is 1. The van der Waals surface area contributed by atoms with E-state index in [1.807, 2.05) is 18.2 Å². The van der Waals surface area contributed by atoms with Crippen LogP contribution in [0.2, 0.25) is 0 Å². The molecule has 0 amide bonds. The Balaban J connectivity index is 1.67. The summed E-state index contributed by atoms with van der Waals surface area (Å²) in [5.41, 5.74) is 8.80. The molecule has 3 unspecified atom stereocenters. The summed E-state index contributed by atoms with van der Waals surface area (Å²) in [7, 11) is 0. The first-order chi connectivity index (χ1) is 8.74. The molecule has 4 rings (SSSR count). The zero-order valence-corrected chi connectivity index (χ0v) is 10.1. The van der Waals surface area contributed by atoms with Crippen LogP contribution in [0.15, 0.2) is 27.4 Å². The third kappa shape index (κ3) is 1.38. The molecule has 2 aliphatic rings. The first-order valence-electron chi connectivity index (χ1n) is 6.62. The molecule has 0 aliphatic heterocycles. The molecule has 1 heterocycles. The van der Waals surface area contributed by atoms with Gasteiger partial charge in [0, 0.05) is 6.04 Å². The molecule has 18 heavy (non-hydrogen) atoms. The van der Waals surface area contributed by atoms with E-state index in [4.69, 9.17) is 10.2 Å². The standard InChI is InChI=1S/C14H16N2O2/c15-13(12-8-2-1-3-9(8)12)7-4-5-10-11(6-7)18-14(17)16-10/h4-6,8-9,12-13H,1-3,15H2,(H,16,17). The van der Waals surface area contributed by atoms with Crippen LogP contribution in [-0.4, -0.2) is 4.98 Å². The zero-order valence-electron chi connectivity index (χ0n) is 10.1. The summed E-state index contributed by atoms with van der Waals surface area (Å²) in [6.45, 7) is 0. The normalized spacial score (nSPS) is 31.5.